The van der Waals surface area contributed by atoms with Crippen LogP contribution in [0.25, 0.3) is 0 Å². The predicted molar refractivity (Wildman–Crippen MR) is 481 cm³/mol. The van der Waals surface area contributed by atoms with Crippen molar-refractivity contribution in [2.24, 2.45) is 50.7 Å². The minimum absolute atomic E-state index is 0. The van der Waals surface area contributed by atoms with Crippen LogP contribution in [0.15, 0.2) is 120 Å². The van der Waals surface area contributed by atoms with Crippen molar-refractivity contribution in [3.05, 3.63) is 154 Å². The Balaban J connectivity index is 0.000000374. The van der Waals surface area contributed by atoms with E-state index >= 15 is 0 Å². The third-order valence-corrected chi connectivity index (χ3v) is 28.1. The summed E-state index contributed by atoms with van der Waals surface area (Å²) in [5.41, 5.74) is 6.01. The summed E-state index contributed by atoms with van der Waals surface area (Å²) in [7, 11) is 0. The van der Waals surface area contributed by atoms with Gasteiger partial charge in [0.15, 0.2) is 0 Å². The molecule has 12 nitrogen and oxygen atoms in total. The van der Waals surface area contributed by atoms with Gasteiger partial charge in [-0.05, 0) is 320 Å². The first kappa shape index (κ1) is 104. The van der Waals surface area contributed by atoms with Crippen molar-refractivity contribution in [2.75, 3.05) is 0 Å². The third-order valence-electron chi connectivity index (χ3n) is 28.1. The Bertz CT molecular complexity index is 3680. The minimum Gasteiger partial charge on any atom is -0.462 e. The number of carbonyl (C=O) groups is 6. The van der Waals surface area contributed by atoms with Crippen molar-refractivity contribution >= 4 is 35.8 Å². The molecule has 12 rings (SSSR count). The van der Waals surface area contributed by atoms with Gasteiger partial charge in [0.2, 0.25) is 0 Å². The Morgan fingerprint density at radius 1 is 0.362 bits per heavy atom. The summed E-state index contributed by atoms with van der Waals surface area (Å²) in [5.74, 6) is 1.75. The fourth-order valence-corrected chi connectivity index (χ4v) is 18.2. The second-order valence-corrected chi connectivity index (χ2v) is 37.7. The fourth-order valence-electron chi connectivity index (χ4n) is 18.2. The number of fused-ring (bicyclic) bond motifs is 5. The molecule has 4 aromatic rings. The van der Waals surface area contributed by atoms with E-state index in [1.807, 2.05) is 140 Å². The van der Waals surface area contributed by atoms with Crippen LogP contribution in [0, 0.1) is 57.7 Å². The number of rotatable bonds is 23. The molecule has 0 aliphatic heterocycles. The molecule has 8 aliphatic carbocycles. The lowest BCUT2D eigenvalue weighted by atomic mass is 9.68. The van der Waals surface area contributed by atoms with Crippen LogP contribution in [0.2, 0.25) is 0 Å². The highest BCUT2D eigenvalue weighted by Crippen LogP contribution is 2.67. The van der Waals surface area contributed by atoms with Gasteiger partial charge in [-0.3, -0.25) is 28.8 Å². The van der Waals surface area contributed by atoms with Crippen molar-refractivity contribution in [1.82, 2.24) is 0 Å². The van der Waals surface area contributed by atoms with E-state index in [1.165, 1.54) is 59.9 Å². The number of aryl methyl sites for hydroxylation is 2. The van der Waals surface area contributed by atoms with Crippen LogP contribution >= 0.6 is 0 Å². The van der Waals surface area contributed by atoms with E-state index in [0.29, 0.717) is 30.1 Å². The number of ether oxygens (including phenoxy) is 6. The molecule has 2 bridgehead atoms. The summed E-state index contributed by atoms with van der Waals surface area (Å²) in [5, 5.41) is 0. The van der Waals surface area contributed by atoms with Crippen molar-refractivity contribution < 1.29 is 57.2 Å². The summed E-state index contributed by atoms with van der Waals surface area (Å²) >= 11 is 0. The van der Waals surface area contributed by atoms with E-state index in [-0.39, 0.29) is 84.7 Å². The number of allylic oxidation sites excluding steroid dienone is 1. The largest absolute Gasteiger partial charge is 0.462 e. The zero-order valence-electron chi connectivity index (χ0n) is 72.5. The van der Waals surface area contributed by atoms with Gasteiger partial charge in [0, 0.05) is 12.3 Å². The summed E-state index contributed by atoms with van der Waals surface area (Å²) < 4.78 is 36.7. The normalized spacial score (nSPS) is 22.5. The number of hydrogen-bond acceptors (Lipinski definition) is 12. The van der Waals surface area contributed by atoms with Gasteiger partial charge in [0.25, 0.3) is 0 Å². The molecular weight excluding hydrogens is 1440 g/mol. The Labute approximate surface area is 708 Å². The lowest BCUT2D eigenvalue weighted by Crippen LogP contribution is -2.48. The fraction of sp³-hybridized carbons (Fsp3) is 0.692. The molecule has 8 aliphatic rings. The number of esters is 6. The van der Waals surface area contributed by atoms with Crippen LogP contribution in [0.1, 0.15) is 401 Å². The summed E-state index contributed by atoms with van der Waals surface area (Å²) in [4.78, 5) is 75.2. The highest BCUT2D eigenvalue weighted by molar-refractivity contribution is 5.79. The molecule has 0 heterocycles. The van der Waals surface area contributed by atoms with Gasteiger partial charge in [0.05, 0.1) is 27.1 Å². The third kappa shape index (κ3) is 24.8. The molecule has 0 radical (unpaired) electrons. The maximum Gasteiger partial charge on any atom is 0.312 e. The van der Waals surface area contributed by atoms with Gasteiger partial charge in [0.1, 0.15) is 34.1 Å². The highest BCUT2D eigenvalue weighted by atomic mass is 16.6. The van der Waals surface area contributed by atoms with Crippen LogP contribution in [-0.4, -0.2) is 47.5 Å². The first-order chi connectivity index (χ1) is 52.5. The Morgan fingerprint density at radius 2 is 0.672 bits per heavy atom. The summed E-state index contributed by atoms with van der Waals surface area (Å²) in [6, 6.07) is 37.6. The van der Waals surface area contributed by atoms with Crippen molar-refractivity contribution in [3.63, 3.8) is 0 Å². The van der Waals surface area contributed by atoms with Crippen molar-refractivity contribution in [1.29, 1.82) is 0 Å². The number of benzene rings is 4. The molecule has 7 fully saturated rings. The second kappa shape index (κ2) is 44.6. The zero-order chi connectivity index (χ0) is 81.3. The molecule has 6 unspecified atom stereocenters. The molecule has 0 N–H and O–H groups in total. The van der Waals surface area contributed by atoms with E-state index < -0.39 is 49.5 Å². The first-order valence-electron chi connectivity index (χ1n) is 43.9. The van der Waals surface area contributed by atoms with Crippen LogP contribution in [0.5, 0.6) is 0 Å². The number of hydrogen-bond donors (Lipinski definition) is 0. The molecule has 0 aromatic heterocycles. The van der Waals surface area contributed by atoms with Crippen LogP contribution in [0.4, 0.5) is 0 Å². The Kier molecular flexibility index (Phi) is 39.9. The molecule has 7 saturated carbocycles. The average molecular weight is 1610 g/mol. The van der Waals surface area contributed by atoms with Gasteiger partial charge in [-0.1, -0.05) is 225 Å². The average Bonchev–Trinajstić information content (AvgIpc) is 1.54. The van der Waals surface area contributed by atoms with E-state index in [2.05, 4.69) is 100 Å². The van der Waals surface area contributed by atoms with E-state index in [4.69, 9.17) is 28.4 Å². The number of carbonyl (C=O) groups excluding carboxylic acids is 6. The molecule has 4 aromatic carbocycles. The molecule has 116 heavy (non-hydrogen) atoms. The van der Waals surface area contributed by atoms with Gasteiger partial charge in [-0.2, -0.15) is 0 Å². The maximum absolute atomic E-state index is 13.2. The topological polar surface area (TPSA) is 158 Å². The van der Waals surface area contributed by atoms with Crippen LogP contribution < -0.4 is 0 Å². The molecule has 654 valence electrons. The molecule has 12 heteroatoms. The van der Waals surface area contributed by atoms with E-state index in [9.17, 15) is 28.8 Å². The lowest BCUT2D eigenvalue weighted by Gasteiger charge is -2.45. The zero-order valence-corrected chi connectivity index (χ0v) is 72.5. The molecule has 0 amide bonds. The molecular formula is C104H166O12. The van der Waals surface area contributed by atoms with Crippen molar-refractivity contribution in [2.45, 2.75) is 415 Å². The highest BCUT2D eigenvalue weighted by Gasteiger charge is 2.66. The molecule has 0 saturated heterocycles. The molecule has 0 spiro atoms. The van der Waals surface area contributed by atoms with Gasteiger partial charge in [-0.25, -0.2) is 0 Å². The second-order valence-electron chi connectivity index (χ2n) is 37.7. The SMILES string of the molecule is C.C.C.C.C.CCC(=O)OC1CC2C3CC(C2C1)C(OC(=O)C(C)(C)CC)(C1=C(C)CCC1)C3.CCC(C)(C)C(=O)OC1(c2ccc(C)cc2)CCCCC1.CCC(C)(C)C(=O)OC1(c2ccccc2)CCCC1.CCC(C)(C)C(=O)OC1(c2ccccc2)CCCCC1.CCc1ccc(C2(OC(=O)C(C)(C)CC)CCCCC2)cc1. The van der Waals surface area contributed by atoms with Gasteiger partial charge < -0.3 is 28.4 Å². The summed E-state index contributed by atoms with van der Waals surface area (Å²) in [6.07, 6.45) is 33.4. The maximum atomic E-state index is 13.2. The Hall–Kier alpha value is -6.56. The molecule has 6 atom stereocenters. The standard InChI is InChI=1S/C25H38O4.C20H30O2.C19H28O2.C18H26O2.C17H24O2.5CH4/c1-6-22(26)28-17-12-18-16-11-21(19(18)13-17)25(14-16,20-10-8-9-15(20)3)29-23(27)24(4,5)7-2;1-5-16-10-12-17(13-11-16)20(14-8-7-9-15-20)22-18(21)19(3,4)6-2;1-5-18(3,4)17(20)21-19(13-7-6-8-14-19)16-11-9-15(2)10-12-16;1-4-17(2,3)16(19)20-18(13-9-6-10-14-18)15-11-7-5-8-12-15;1-4-16(2,3)15(18)19-17(12-8-9-13-17)14-10-6-5-7-11-14;;;;;/h16-19,21H,6-14H2,1-5H3;10-13H,5-9,14-15H2,1-4H3;9-12H,5-8,13-14H2,1-4H3;5,7-8,11-12H,4,6,9-10,13-14H2,1-3H3;5-7,10-11H,4,8-9,12-13H2,1-3H3;5*1H4. The Morgan fingerprint density at radius 3 is 0.983 bits per heavy atom. The quantitative estimate of drug-likeness (QED) is 0.0394. The van der Waals surface area contributed by atoms with Crippen molar-refractivity contribution in [3.8, 4) is 0 Å². The van der Waals surface area contributed by atoms with Gasteiger partial charge >= 0.3 is 35.8 Å². The monoisotopic (exact) mass is 1610 g/mol. The smallest absolute Gasteiger partial charge is 0.312 e. The summed E-state index contributed by atoms with van der Waals surface area (Å²) in [6.45, 7) is 38.3. The predicted octanol–water partition coefficient (Wildman–Crippen LogP) is 28.6. The van der Waals surface area contributed by atoms with E-state index in [1.54, 1.807) is 0 Å². The minimum atomic E-state index is -0.448. The first-order valence-corrected chi connectivity index (χ1v) is 43.9. The lowest BCUT2D eigenvalue weighted by molar-refractivity contribution is -0.177. The van der Waals surface area contributed by atoms with Crippen LogP contribution in [-0.2, 0) is 86.0 Å². The van der Waals surface area contributed by atoms with E-state index in [0.717, 1.165) is 190 Å². The van der Waals surface area contributed by atoms with Crippen LogP contribution in [0.3, 0.4) is 0 Å². The van der Waals surface area contributed by atoms with Gasteiger partial charge in [-0.15, -0.1) is 0 Å².